The molecule has 3 aromatic carbocycles. The molecule has 0 N–H and O–H groups in total. The van der Waals surface area contributed by atoms with Crippen LogP contribution in [0.25, 0.3) is 11.1 Å². The molecule has 29 heavy (non-hydrogen) atoms. The van der Waals surface area contributed by atoms with Gasteiger partial charge in [-0.05, 0) is 48.7 Å². The van der Waals surface area contributed by atoms with Crippen molar-refractivity contribution < 1.29 is 21.7 Å². The molecule has 0 radical (unpaired) electrons. The zero-order chi connectivity index (χ0) is 20.8. The summed E-state index contributed by atoms with van der Waals surface area (Å²) in [4.78, 5) is 0.0444. The van der Waals surface area contributed by atoms with Crippen molar-refractivity contribution in [2.24, 2.45) is 0 Å². The van der Waals surface area contributed by atoms with Crippen molar-refractivity contribution in [2.45, 2.75) is 31.3 Å². The maximum absolute atomic E-state index is 14.9. The van der Waals surface area contributed by atoms with Crippen LogP contribution in [0.5, 0.6) is 5.75 Å². The average Bonchev–Trinajstić information content (AvgIpc) is 3.13. The zero-order valence-electron chi connectivity index (χ0n) is 16.4. The Morgan fingerprint density at radius 3 is 2.55 bits per heavy atom. The van der Waals surface area contributed by atoms with E-state index in [1.54, 1.807) is 12.1 Å². The summed E-state index contributed by atoms with van der Waals surface area (Å²) in [7, 11) is -2.79. The molecule has 0 spiro atoms. The van der Waals surface area contributed by atoms with Crippen molar-refractivity contribution in [3.63, 3.8) is 0 Å². The van der Waals surface area contributed by atoms with E-state index in [2.05, 4.69) is 0 Å². The lowest BCUT2D eigenvalue weighted by molar-refractivity contribution is 0.225. The Labute approximate surface area is 170 Å². The summed E-state index contributed by atoms with van der Waals surface area (Å²) < 4.78 is 50.2. The Bertz CT molecular complexity index is 1200. The van der Waals surface area contributed by atoms with Gasteiger partial charge in [0.2, 0.25) is 0 Å². The molecule has 150 valence electrons. The Balaban J connectivity index is 1.77. The van der Waals surface area contributed by atoms with Crippen LogP contribution < -0.4 is 4.74 Å². The number of benzene rings is 3. The molecule has 3 aromatic rings. The molecule has 0 aliphatic carbocycles. The van der Waals surface area contributed by atoms with Gasteiger partial charge in [0.25, 0.3) is 10.1 Å². The molecule has 0 saturated carbocycles. The van der Waals surface area contributed by atoms with Crippen molar-refractivity contribution in [1.82, 2.24) is 0 Å². The molecule has 4 rings (SSSR count). The maximum atomic E-state index is 14.9. The normalized spacial score (nSPS) is 15.8. The van der Waals surface area contributed by atoms with E-state index in [-0.39, 0.29) is 10.6 Å². The van der Waals surface area contributed by atoms with Gasteiger partial charge in [0.1, 0.15) is 11.0 Å². The number of halogens is 1. The van der Waals surface area contributed by atoms with Crippen molar-refractivity contribution in [2.75, 3.05) is 7.11 Å². The maximum Gasteiger partial charge on any atom is 0.297 e. The lowest BCUT2D eigenvalue weighted by Gasteiger charge is -2.16. The fraction of sp³-hybridized carbons (Fsp3) is 0.217. The van der Waals surface area contributed by atoms with Crippen LogP contribution in [0.1, 0.15) is 28.4 Å². The zero-order valence-corrected chi connectivity index (χ0v) is 17.2. The van der Waals surface area contributed by atoms with Crippen LogP contribution in [0.2, 0.25) is 0 Å². The Morgan fingerprint density at radius 2 is 1.83 bits per heavy atom. The molecule has 1 atom stereocenters. The van der Waals surface area contributed by atoms with E-state index >= 15 is 0 Å². The number of hydrogen-bond donors (Lipinski definition) is 0. The third kappa shape index (κ3) is 3.54. The van der Waals surface area contributed by atoms with Crippen LogP contribution in [-0.2, 0) is 20.7 Å². The first-order chi connectivity index (χ1) is 13.8. The molecular weight excluding hydrogens is 391 g/mol. The monoisotopic (exact) mass is 412 g/mol. The van der Waals surface area contributed by atoms with Gasteiger partial charge >= 0.3 is 0 Å². The number of rotatable bonds is 4. The van der Waals surface area contributed by atoms with Gasteiger partial charge in [-0.2, -0.15) is 8.42 Å². The molecule has 6 heteroatoms. The fourth-order valence-electron chi connectivity index (χ4n) is 3.78. The van der Waals surface area contributed by atoms with Gasteiger partial charge < -0.3 is 4.74 Å². The van der Waals surface area contributed by atoms with Crippen molar-refractivity contribution in [3.8, 4) is 16.9 Å². The van der Waals surface area contributed by atoms with E-state index in [4.69, 9.17) is 8.92 Å². The summed E-state index contributed by atoms with van der Waals surface area (Å²) >= 11 is 0. The second-order valence-electron chi connectivity index (χ2n) is 7.23. The highest BCUT2D eigenvalue weighted by Gasteiger charge is 2.32. The molecule has 0 bridgehead atoms. The van der Waals surface area contributed by atoms with Gasteiger partial charge in [-0.25, -0.2) is 4.39 Å². The van der Waals surface area contributed by atoms with Gasteiger partial charge in [-0.1, -0.05) is 42.0 Å². The average molecular weight is 412 g/mol. The minimum atomic E-state index is -3.91. The summed E-state index contributed by atoms with van der Waals surface area (Å²) in [5, 5.41) is 0. The van der Waals surface area contributed by atoms with Crippen LogP contribution in [0, 0.1) is 19.7 Å². The standard InChI is InChI=1S/C23H21FO4S/c1-14-8-9-22(29(25,26)27-3)19(10-14)21-13-17-11-16(12-20(24)23(17)28-21)18-7-5-4-6-15(18)2/h4-12,21H,13H2,1-3H3. The van der Waals surface area contributed by atoms with E-state index in [0.29, 0.717) is 12.0 Å². The highest BCUT2D eigenvalue weighted by Crippen LogP contribution is 2.43. The molecule has 0 saturated heterocycles. The molecule has 1 unspecified atom stereocenters. The number of aryl methyl sites for hydroxylation is 2. The fourth-order valence-corrected chi connectivity index (χ4v) is 4.67. The summed E-state index contributed by atoms with van der Waals surface area (Å²) in [6.07, 6.45) is -0.228. The van der Waals surface area contributed by atoms with Gasteiger partial charge in [0.05, 0.1) is 7.11 Å². The molecule has 0 aromatic heterocycles. The predicted octanol–water partition coefficient (Wildman–Crippen LogP) is 5.12. The molecule has 1 heterocycles. The Hall–Kier alpha value is -2.70. The van der Waals surface area contributed by atoms with E-state index < -0.39 is 22.0 Å². The summed E-state index contributed by atoms with van der Waals surface area (Å²) in [6, 6.07) is 16.1. The highest BCUT2D eigenvalue weighted by molar-refractivity contribution is 7.86. The molecule has 4 nitrogen and oxygen atoms in total. The largest absolute Gasteiger partial charge is 0.482 e. The van der Waals surface area contributed by atoms with E-state index in [0.717, 1.165) is 34.9 Å². The first-order valence-corrected chi connectivity index (χ1v) is 10.7. The topological polar surface area (TPSA) is 52.6 Å². The quantitative estimate of drug-likeness (QED) is 0.558. The van der Waals surface area contributed by atoms with E-state index in [1.807, 2.05) is 44.2 Å². The lowest BCUT2D eigenvalue weighted by atomic mass is 9.96. The number of hydrogen-bond acceptors (Lipinski definition) is 4. The Kier molecular flexibility index (Phi) is 4.92. The summed E-state index contributed by atoms with van der Waals surface area (Å²) in [5.41, 5.74) is 4.86. The molecular formula is C23H21FO4S. The van der Waals surface area contributed by atoms with Gasteiger partial charge in [-0.15, -0.1) is 0 Å². The third-order valence-electron chi connectivity index (χ3n) is 5.24. The minimum absolute atomic E-state index is 0.0444. The van der Waals surface area contributed by atoms with Gasteiger partial charge in [0.15, 0.2) is 11.6 Å². The molecule has 1 aliphatic heterocycles. The van der Waals surface area contributed by atoms with Gasteiger partial charge in [-0.3, -0.25) is 4.18 Å². The molecule has 0 amide bonds. The lowest BCUT2D eigenvalue weighted by Crippen LogP contribution is -2.12. The molecule has 0 fully saturated rings. The second-order valence-corrected chi connectivity index (χ2v) is 8.92. The first-order valence-electron chi connectivity index (χ1n) is 9.26. The van der Waals surface area contributed by atoms with Crippen LogP contribution in [0.3, 0.4) is 0 Å². The first kappa shape index (κ1) is 19.6. The van der Waals surface area contributed by atoms with E-state index in [1.165, 1.54) is 12.1 Å². The SMILES string of the molecule is COS(=O)(=O)c1ccc(C)cc1C1Cc2cc(-c3ccccc3C)cc(F)c2O1. The van der Waals surface area contributed by atoms with Crippen LogP contribution >= 0.6 is 0 Å². The van der Waals surface area contributed by atoms with Crippen molar-refractivity contribution in [3.05, 3.63) is 82.7 Å². The molecule has 1 aliphatic rings. The smallest absolute Gasteiger partial charge is 0.297 e. The van der Waals surface area contributed by atoms with Crippen molar-refractivity contribution >= 4 is 10.1 Å². The number of ether oxygens (including phenoxy) is 1. The summed E-state index contributed by atoms with van der Waals surface area (Å²) in [6.45, 7) is 3.85. The third-order valence-corrected chi connectivity index (χ3v) is 6.59. The Morgan fingerprint density at radius 1 is 1.07 bits per heavy atom. The van der Waals surface area contributed by atoms with Crippen LogP contribution in [0.15, 0.2) is 59.5 Å². The van der Waals surface area contributed by atoms with Crippen LogP contribution in [-0.4, -0.2) is 15.5 Å². The van der Waals surface area contributed by atoms with E-state index in [9.17, 15) is 12.8 Å². The predicted molar refractivity (Wildman–Crippen MR) is 109 cm³/mol. The second kappa shape index (κ2) is 7.28. The summed E-state index contributed by atoms with van der Waals surface area (Å²) in [5.74, 6) is -0.276. The minimum Gasteiger partial charge on any atom is -0.482 e. The van der Waals surface area contributed by atoms with Crippen LogP contribution in [0.4, 0.5) is 4.39 Å². The highest BCUT2D eigenvalue weighted by atomic mass is 32.2. The number of fused-ring (bicyclic) bond motifs is 1. The van der Waals surface area contributed by atoms with Crippen molar-refractivity contribution in [1.29, 1.82) is 0 Å². The van der Waals surface area contributed by atoms with Gasteiger partial charge in [0, 0.05) is 17.5 Å².